The Morgan fingerprint density at radius 3 is 1.77 bits per heavy atom. The molecule has 4 aromatic rings. The topological polar surface area (TPSA) is 123 Å². The summed E-state index contributed by atoms with van der Waals surface area (Å²) in [5.74, 6) is -2.33. The number of carbonyl (C=O) groups excluding carboxylic acids is 3. The van der Waals surface area contributed by atoms with Crippen LogP contribution >= 0.6 is 6.89 Å². The number of likely N-dealkylation sites (tertiary alicyclic amines) is 1. The van der Waals surface area contributed by atoms with Crippen molar-refractivity contribution in [1.82, 2.24) is 9.80 Å². The molecule has 1 N–H and O–H groups in total. The van der Waals surface area contributed by atoms with Gasteiger partial charge in [0.15, 0.2) is 20.7 Å². The Hall–Kier alpha value is -4.80. The number of ketones is 1. The van der Waals surface area contributed by atoms with Crippen LogP contribution in [0.5, 0.6) is 5.75 Å². The Morgan fingerprint density at radius 2 is 1.32 bits per heavy atom. The maximum Gasteiger partial charge on any atom is 0.353 e. The molecule has 10 nitrogen and oxygen atoms in total. The van der Waals surface area contributed by atoms with E-state index in [0.717, 1.165) is 15.9 Å². The second-order valence-corrected chi connectivity index (χ2v) is 24.2. The van der Waals surface area contributed by atoms with Crippen LogP contribution in [0.2, 0.25) is 18.1 Å². The van der Waals surface area contributed by atoms with Crippen LogP contribution in [-0.4, -0.2) is 97.3 Å². The number of Topliss-reactive ketones (excluding diaryl/α,β-unsaturated/α-hetero) is 1. The van der Waals surface area contributed by atoms with Gasteiger partial charge in [-0.3, -0.25) is 14.4 Å². The number of β-lactam (4-membered cyclic amide) rings is 1. The third-order valence-electron chi connectivity index (χ3n) is 11.5. The van der Waals surface area contributed by atoms with E-state index in [4.69, 9.17) is 13.9 Å². The van der Waals surface area contributed by atoms with Gasteiger partial charge in [0.25, 0.3) is 5.91 Å². The summed E-state index contributed by atoms with van der Waals surface area (Å²) in [5, 5.41) is 13.6. The van der Waals surface area contributed by atoms with E-state index in [1.807, 2.05) is 97.9 Å². The number of carbonyl (C=O) groups is 4. The molecule has 2 heterocycles. The van der Waals surface area contributed by atoms with Crippen molar-refractivity contribution in [3.8, 4) is 5.75 Å². The molecule has 2 fully saturated rings. The zero-order valence-corrected chi connectivity index (χ0v) is 35.5. The maximum absolute atomic E-state index is 14.9. The molecule has 0 radical (unpaired) electrons. The van der Waals surface area contributed by atoms with Crippen LogP contribution in [0.1, 0.15) is 44.5 Å². The smallest absolute Gasteiger partial charge is 0.353 e. The molecule has 0 saturated carbocycles. The van der Waals surface area contributed by atoms with Crippen molar-refractivity contribution < 1.29 is 38.2 Å². The lowest BCUT2D eigenvalue weighted by molar-refractivity contribution is -0.155. The Kier molecular flexibility index (Phi) is 12.7. The molecule has 2 aliphatic heterocycles. The van der Waals surface area contributed by atoms with Crippen molar-refractivity contribution in [2.45, 2.75) is 64.4 Å². The second kappa shape index (κ2) is 17.4. The third-order valence-corrected chi connectivity index (χ3v) is 20.4. The lowest BCUT2D eigenvalue weighted by atomic mass is 9.79. The van der Waals surface area contributed by atoms with Gasteiger partial charge in [0.2, 0.25) is 5.91 Å². The summed E-state index contributed by atoms with van der Waals surface area (Å²) in [6.45, 7) is 11.1. The van der Waals surface area contributed by atoms with E-state index < -0.39 is 39.2 Å². The molecule has 0 unspecified atom stereocenters. The van der Waals surface area contributed by atoms with Crippen LogP contribution in [0.15, 0.2) is 115 Å². The Balaban J connectivity index is 1.44. The molecule has 57 heavy (non-hydrogen) atoms. The highest BCUT2D eigenvalue weighted by molar-refractivity contribution is 7.96. The molecule has 2 saturated heterocycles. The predicted octanol–water partition coefficient (Wildman–Crippen LogP) is 5.94. The highest BCUT2D eigenvalue weighted by Crippen LogP contribution is 2.50. The SMILES string of the molecule is C[C@@H](O[Si](C)(C)C(C)(C)C)[C@H]1C(=O)N(C(C(=O)O)=P(c2ccccc2)(c2ccccc2)c2ccccc2)[C@@H]1CC(=O)c1ccc(OCC(=O)N2CCOCC2)cc1. The van der Waals surface area contributed by atoms with E-state index >= 15 is 0 Å². The van der Waals surface area contributed by atoms with Crippen LogP contribution < -0.4 is 20.7 Å². The predicted molar refractivity (Wildman–Crippen MR) is 228 cm³/mol. The standard InChI is InChI=1S/C45H53N2O8PSi/c1-32(55-57(5,6)45(2,3)4)41-38(30-39(48)33-22-24-34(25-23-33)54-31-40(49)46-26-28-53-29-27-46)47(42(41)50)43(44(51)52)56(35-16-10-7-11-17-35,36-18-12-8-13-19-36)37-20-14-9-15-21-37/h7-25,32,38,41H,26-31H2,1-6H3,(H,51,52)/t32-,38-,41-/m1/s1. The molecule has 0 spiro atoms. The van der Waals surface area contributed by atoms with Gasteiger partial charge in [0, 0.05) is 32.0 Å². The molecular formula is C45H53N2O8PSi. The molecule has 0 aromatic heterocycles. The van der Waals surface area contributed by atoms with Gasteiger partial charge in [-0.25, -0.2) is 4.79 Å². The molecule has 300 valence electrons. The number of hydrogen-bond donors (Lipinski definition) is 1. The summed E-state index contributed by atoms with van der Waals surface area (Å²) >= 11 is 0. The van der Waals surface area contributed by atoms with E-state index in [1.54, 1.807) is 29.2 Å². The Labute approximate surface area is 336 Å². The second-order valence-electron chi connectivity index (χ2n) is 16.1. The summed E-state index contributed by atoms with van der Waals surface area (Å²) in [5.41, 5.74) is 0.336. The number of ether oxygens (including phenoxy) is 2. The van der Waals surface area contributed by atoms with Crippen LogP contribution in [0, 0.1) is 5.92 Å². The first-order valence-electron chi connectivity index (χ1n) is 19.5. The number of carboxylic acids is 1. The molecule has 2 aliphatic rings. The Morgan fingerprint density at radius 1 is 0.825 bits per heavy atom. The van der Waals surface area contributed by atoms with E-state index in [1.165, 1.54) is 4.90 Å². The zero-order chi connectivity index (χ0) is 41.0. The van der Waals surface area contributed by atoms with Gasteiger partial charge in [-0.1, -0.05) is 112 Å². The minimum absolute atomic E-state index is 0.0432. The summed E-state index contributed by atoms with van der Waals surface area (Å²) in [4.78, 5) is 59.0. The molecule has 4 aromatic carbocycles. The minimum atomic E-state index is -3.26. The van der Waals surface area contributed by atoms with Gasteiger partial charge in [0.05, 0.1) is 31.3 Å². The van der Waals surface area contributed by atoms with Crippen LogP contribution in [0.3, 0.4) is 0 Å². The van der Waals surface area contributed by atoms with E-state index in [2.05, 4.69) is 33.9 Å². The third kappa shape index (κ3) is 8.58. The van der Waals surface area contributed by atoms with Gasteiger partial charge >= 0.3 is 5.97 Å². The van der Waals surface area contributed by atoms with Crippen LogP contribution in [-0.2, 0) is 23.5 Å². The lowest BCUT2D eigenvalue weighted by Gasteiger charge is -2.52. The quantitative estimate of drug-likeness (QED) is 0.0720. The van der Waals surface area contributed by atoms with Crippen molar-refractivity contribution in [3.63, 3.8) is 0 Å². The normalized spacial score (nSPS) is 18.0. The molecule has 12 heteroatoms. The van der Waals surface area contributed by atoms with Crippen molar-refractivity contribution in [1.29, 1.82) is 0 Å². The first-order chi connectivity index (χ1) is 27.2. The number of carboxylic acid groups (broad SMARTS) is 1. The fourth-order valence-electron chi connectivity index (χ4n) is 7.55. The summed E-state index contributed by atoms with van der Waals surface area (Å²) in [6.07, 6.45) is -0.716. The van der Waals surface area contributed by atoms with Gasteiger partial charge in [-0.05, 0) is 65.2 Å². The van der Waals surface area contributed by atoms with Gasteiger partial charge in [0.1, 0.15) is 11.2 Å². The zero-order valence-electron chi connectivity index (χ0n) is 33.6. The molecule has 0 bridgehead atoms. The highest BCUT2D eigenvalue weighted by atomic mass is 31.2. The fraction of sp³-hybridized carbons (Fsp3) is 0.356. The average Bonchev–Trinajstić information content (AvgIpc) is 3.20. The van der Waals surface area contributed by atoms with Crippen molar-refractivity contribution in [2.75, 3.05) is 32.9 Å². The highest BCUT2D eigenvalue weighted by Gasteiger charge is 2.57. The number of amides is 2. The maximum atomic E-state index is 14.9. The van der Waals surface area contributed by atoms with Gasteiger partial charge < -0.3 is 28.8 Å². The average molecular weight is 809 g/mol. The van der Waals surface area contributed by atoms with E-state index in [-0.39, 0.29) is 41.1 Å². The monoisotopic (exact) mass is 808 g/mol. The molecule has 0 aliphatic carbocycles. The summed E-state index contributed by atoms with van der Waals surface area (Å²) in [7, 11) is -2.39. The number of aliphatic carboxylic acids is 1. The first kappa shape index (κ1) is 41.8. The van der Waals surface area contributed by atoms with Gasteiger partial charge in [-0.2, -0.15) is 0 Å². The Bertz CT molecular complexity index is 2010. The number of rotatable bonds is 14. The number of hydrogen-bond acceptors (Lipinski definition) is 7. The number of nitrogens with zero attached hydrogens (tertiary/aromatic N) is 2. The van der Waals surface area contributed by atoms with E-state index in [9.17, 15) is 24.3 Å². The largest absolute Gasteiger partial charge is 0.484 e. The summed E-state index contributed by atoms with van der Waals surface area (Å²) < 4.78 is 17.9. The van der Waals surface area contributed by atoms with Crippen LogP contribution in [0.25, 0.3) is 0 Å². The molecular weight excluding hydrogens is 756 g/mol. The molecule has 2 amide bonds. The van der Waals surface area contributed by atoms with E-state index in [0.29, 0.717) is 37.6 Å². The lowest BCUT2D eigenvalue weighted by Crippen LogP contribution is -2.69. The van der Waals surface area contributed by atoms with Crippen molar-refractivity contribution in [2.24, 2.45) is 5.92 Å². The molecule has 6 rings (SSSR count). The van der Waals surface area contributed by atoms with Crippen molar-refractivity contribution >= 4 is 60.1 Å². The summed E-state index contributed by atoms with van der Waals surface area (Å²) in [6, 6.07) is 34.3. The first-order valence-corrected chi connectivity index (χ1v) is 24.2. The number of morpholine rings is 1. The van der Waals surface area contributed by atoms with Crippen molar-refractivity contribution in [3.05, 3.63) is 121 Å². The van der Waals surface area contributed by atoms with Gasteiger partial charge in [-0.15, -0.1) is 0 Å². The number of benzene rings is 4. The molecule has 3 atom stereocenters. The van der Waals surface area contributed by atoms with Crippen LogP contribution in [0.4, 0.5) is 0 Å². The fourth-order valence-corrected chi connectivity index (χ4v) is 13.3. The minimum Gasteiger partial charge on any atom is -0.484 e.